The third kappa shape index (κ3) is 4.14. The molecule has 0 fully saturated rings. The molecule has 1 heterocycles. The predicted octanol–water partition coefficient (Wildman–Crippen LogP) is 13.3. The summed E-state index contributed by atoms with van der Waals surface area (Å²) in [5, 5.41) is 7.18. The lowest BCUT2D eigenvalue weighted by atomic mass is 9.82. The van der Waals surface area contributed by atoms with Crippen molar-refractivity contribution in [1.29, 1.82) is 0 Å². The molecule has 9 aromatic rings. The minimum absolute atomic E-state index is 0.114. The van der Waals surface area contributed by atoms with Crippen molar-refractivity contribution in [2.45, 2.75) is 19.3 Å². The smallest absolute Gasteiger partial charge is 0.138 e. The van der Waals surface area contributed by atoms with Gasteiger partial charge in [-0.15, -0.1) is 0 Å². The zero-order valence-electron chi connectivity index (χ0n) is 27.4. The van der Waals surface area contributed by atoms with Crippen LogP contribution in [0.3, 0.4) is 0 Å². The molecule has 2 heteroatoms. The highest BCUT2D eigenvalue weighted by Gasteiger charge is 2.36. The summed E-state index contributed by atoms with van der Waals surface area (Å²) in [6, 6.07) is 59.4. The maximum absolute atomic E-state index is 6.56. The molecule has 0 bridgehead atoms. The second-order valence-corrected chi connectivity index (χ2v) is 13.7. The van der Waals surface area contributed by atoms with E-state index in [4.69, 9.17) is 4.42 Å². The first kappa shape index (κ1) is 27.9. The fourth-order valence-corrected chi connectivity index (χ4v) is 8.28. The van der Waals surface area contributed by atoms with Crippen LogP contribution in [0.2, 0.25) is 0 Å². The largest absolute Gasteiger partial charge is 0.456 e. The number of anilines is 3. The molecule has 1 aliphatic carbocycles. The van der Waals surface area contributed by atoms with Gasteiger partial charge in [-0.1, -0.05) is 141 Å². The van der Waals surface area contributed by atoms with Crippen molar-refractivity contribution in [3.8, 4) is 22.3 Å². The van der Waals surface area contributed by atoms with Crippen molar-refractivity contribution in [1.82, 2.24) is 0 Å². The summed E-state index contributed by atoms with van der Waals surface area (Å²) in [5.41, 5.74) is 12.8. The van der Waals surface area contributed by atoms with Gasteiger partial charge in [-0.3, -0.25) is 0 Å². The molecule has 0 atom stereocenters. The van der Waals surface area contributed by atoms with E-state index in [9.17, 15) is 0 Å². The number of para-hydroxylation sites is 1. The van der Waals surface area contributed by atoms with Crippen molar-refractivity contribution in [2.24, 2.45) is 0 Å². The van der Waals surface area contributed by atoms with E-state index in [-0.39, 0.29) is 5.41 Å². The SMILES string of the molecule is CC1(C)c2ccccc2-c2ccc(N(c3ccc(-c4cccc5ccccc45)cc3)c3cc4oc5ccccc5c4c4ccccc34)cc21. The van der Waals surface area contributed by atoms with Crippen LogP contribution in [0.25, 0.3) is 65.7 Å². The summed E-state index contributed by atoms with van der Waals surface area (Å²) >= 11 is 0. The van der Waals surface area contributed by atoms with Crippen LogP contribution in [0.1, 0.15) is 25.0 Å². The van der Waals surface area contributed by atoms with Crippen LogP contribution in [0, 0.1) is 0 Å². The molecule has 1 aliphatic rings. The third-order valence-corrected chi connectivity index (χ3v) is 10.7. The standard InChI is InChI=1S/C47H33NO/c1-47(2)41-20-9-7-15-36(41)37-27-26-33(28-42(37)47)48(32-24-22-31(23-25-32)35-19-11-13-30-12-3-4-14-34(30)35)43-29-45-46(39-17-6-5-16-38(39)43)40-18-8-10-21-44(40)49-45/h3-29H,1-2H3. The van der Waals surface area contributed by atoms with Gasteiger partial charge in [0.25, 0.3) is 0 Å². The lowest BCUT2D eigenvalue weighted by Crippen LogP contribution is -2.16. The Morgan fingerprint density at radius 3 is 1.94 bits per heavy atom. The second kappa shape index (κ2) is 10.4. The van der Waals surface area contributed by atoms with Gasteiger partial charge in [0, 0.05) is 39.0 Å². The highest BCUT2D eigenvalue weighted by atomic mass is 16.3. The van der Waals surface area contributed by atoms with Crippen LogP contribution < -0.4 is 4.90 Å². The monoisotopic (exact) mass is 627 g/mol. The molecule has 49 heavy (non-hydrogen) atoms. The zero-order valence-corrected chi connectivity index (χ0v) is 27.4. The summed E-state index contributed by atoms with van der Waals surface area (Å²) in [5.74, 6) is 0. The van der Waals surface area contributed by atoms with Gasteiger partial charge in [0.2, 0.25) is 0 Å². The van der Waals surface area contributed by atoms with Gasteiger partial charge in [-0.05, 0) is 79.9 Å². The molecule has 0 spiro atoms. The van der Waals surface area contributed by atoms with Crippen molar-refractivity contribution in [3.05, 3.63) is 175 Å². The number of hydrogen-bond donors (Lipinski definition) is 0. The number of nitrogens with zero attached hydrogens (tertiary/aromatic N) is 1. The molecule has 232 valence electrons. The molecule has 0 saturated heterocycles. The van der Waals surface area contributed by atoms with Crippen LogP contribution in [-0.4, -0.2) is 0 Å². The third-order valence-electron chi connectivity index (χ3n) is 10.7. The number of benzene rings is 8. The second-order valence-electron chi connectivity index (χ2n) is 13.7. The molecule has 0 saturated carbocycles. The highest BCUT2D eigenvalue weighted by molar-refractivity contribution is 6.22. The van der Waals surface area contributed by atoms with E-state index >= 15 is 0 Å². The van der Waals surface area contributed by atoms with Gasteiger partial charge < -0.3 is 9.32 Å². The van der Waals surface area contributed by atoms with Crippen molar-refractivity contribution in [2.75, 3.05) is 4.90 Å². The Bertz CT molecular complexity index is 2740. The highest BCUT2D eigenvalue weighted by Crippen LogP contribution is 2.51. The molecule has 0 radical (unpaired) electrons. The van der Waals surface area contributed by atoms with Crippen LogP contribution >= 0.6 is 0 Å². The molecule has 1 aromatic heterocycles. The van der Waals surface area contributed by atoms with Crippen molar-refractivity contribution < 1.29 is 4.42 Å². The lowest BCUT2D eigenvalue weighted by Gasteiger charge is -2.29. The summed E-state index contributed by atoms with van der Waals surface area (Å²) in [6.45, 7) is 4.70. The number of hydrogen-bond acceptors (Lipinski definition) is 2. The Morgan fingerprint density at radius 1 is 0.449 bits per heavy atom. The van der Waals surface area contributed by atoms with E-state index in [2.05, 4.69) is 176 Å². The molecular formula is C47H33NO. The maximum Gasteiger partial charge on any atom is 0.138 e. The molecule has 8 aromatic carbocycles. The number of rotatable bonds is 4. The van der Waals surface area contributed by atoms with Gasteiger partial charge in [-0.25, -0.2) is 0 Å². The van der Waals surface area contributed by atoms with E-state index in [0.717, 1.165) is 39.0 Å². The number of fused-ring (bicyclic) bond motifs is 9. The molecule has 0 aliphatic heterocycles. The van der Waals surface area contributed by atoms with Crippen LogP contribution in [0.4, 0.5) is 17.1 Å². The molecule has 0 N–H and O–H groups in total. The molecule has 10 rings (SSSR count). The summed E-state index contributed by atoms with van der Waals surface area (Å²) in [6.07, 6.45) is 0. The Kier molecular flexibility index (Phi) is 5.95. The van der Waals surface area contributed by atoms with Gasteiger partial charge in [0.15, 0.2) is 0 Å². The van der Waals surface area contributed by atoms with E-state index < -0.39 is 0 Å². The quantitative estimate of drug-likeness (QED) is 0.193. The Morgan fingerprint density at radius 2 is 1.08 bits per heavy atom. The summed E-state index contributed by atoms with van der Waals surface area (Å²) in [7, 11) is 0. The lowest BCUT2D eigenvalue weighted by molar-refractivity contribution is 0.660. The predicted molar refractivity (Wildman–Crippen MR) is 206 cm³/mol. The molecular weight excluding hydrogens is 595 g/mol. The fourth-order valence-electron chi connectivity index (χ4n) is 8.28. The van der Waals surface area contributed by atoms with Gasteiger partial charge in [0.05, 0.1) is 5.69 Å². The van der Waals surface area contributed by atoms with Crippen LogP contribution in [-0.2, 0) is 5.41 Å². The van der Waals surface area contributed by atoms with Crippen molar-refractivity contribution in [3.63, 3.8) is 0 Å². The Balaban J connectivity index is 1.22. The summed E-state index contributed by atoms with van der Waals surface area (Å²) < 4.78 is 6.56. The summed E-state index contributed by atoms with van der Waals surface area (Å²) in [4.78, 5) is 2.42. The van der Waals surface area contributed by atoms with E-state index in [1.165, 1.54) is 54.9 Å². The first-order valence-corrected chi connectivity index (χ1v) is 17.0. The first-order chi connectivity index (χ1) is 24.1. The van der Waals surface area contributed by atoms with Gasteiger partial charge in [-0.2, -0.15) is 0 Å². The van der Waals surface area contributed by atoms with E-state index in [1.54, 1.807) is 0 Å². The van der Waals surface area contributed by atoms with Gasteiger partial charge >= 0.3 is 0 Å². The topological polar surface area (TPSA) is 16.4 Å². The normalized spacial score (nSPS) is 13.3. The average Bonchev–Trinajstić information content (AvgIpc) is 3.64. The van der Waals surface area contributed by atoms with Crippen LogP contribution in [0.5, 0.6) is 0 Å². The Labute approximate surface area is 285 Å². The fraction of sp³-hybridized carbons (Fsp3) is 0.0638. The van der Waals surface area contributed by atoms with Gasteiger partial charge in [0.1, 0.15) is 11.2 Å². The maximum atomic E-state index is 6.56. The minimum atomic E-state index is -0.114. The van der Waals surface area contributed by atoms with Crippen LogP contribution in [0.15, 0.2) is 168 Å². The first-order valence-electron chi connectivity index (χ1n) is 17.0. The Hall–Kier alpha value is -6.12. The van der Waals surface area contributed by atoms with E-state index in [1.807, 2.05) is 6.07 Å². The zero-order chi connectivity index (χ0) is 32.7. The molecule has 0 unspecified atom stereocenters. The van der Waals surface area contributed by atoms with E-state index in [0.29, 0.717) is 0 Å². The molecule has 2 nitrogen and oxygen atoms in total. The minimum Gasteiger partial charge on any atom is -0.456 e. The van der Waals surface area contributed by atoms with Crippen molar-refractivity contribution >= 4 is 60.5 Å². The average molecular weight is 628 g/mol. The molecule has 0 amide bonds. The number of furan rings is 1.